The van der Waals surface area contributed by atoms with Gasteiger partial charge in [-0.05, 0) is 24.6 Å². The van der Waals surface area contributed by atoms with Crippen molar-refractivity contribution in [3.8, 4) is 0 Å². The Labute approximate surface area is 110 Å². The zero-order valence-corrected chi connectivity index (χ0v) is 10.7. The van der Waals surface area contributed by atoms with Gasteiger partial charge < -0.3 is 16.2 Å². The SMILES string of the molecule is CCC[C@H](NC(=O)c1cc(N)cc(Cl)c1)C(=O)O. The molecule has 0 saturated carbocycles. The molecule has 1 aromatic carbocycles. The summed E-state index contributed by atoms with van der Waals surface area (Å²) in [6.07, 6.45) is 1.03. The number of nitrogen functional groups attached to an aromatic ring is 1. The fourth-order valence-electron chi connectivity index (χ4n) is 1.53. The minimum Gasteiger partial charge on any atom is -0.480 e. The number of nitrogens with one attached hydrogen (secondary N) is 1. The van der Waals surface area contributed by atoms with Crippen LogP contribution in [0, 0.1) is 0 Å². The van der Waals surface area contributed by atoms with Gasteiger partial charge in [0, 0.05) is 16.3 Å². The topological polar surface area (TPSA) is 92.4 Å². The Hall–Kier alpha value is -1.75. The van der Waals surface area contributed by atoms with E-state index in [-0.39, 0.29) is 5.56 Å². The molecule has 1 atom stereocenters. The number of halogens is 1. The first-order valence-corrected chi connectivity index (χ1v) is 5.91. The minimum absolute atomic E-state index is 0.252. The van der Waals surface area contributed by atoms with Crippen LogP contribution in [0.3, 0.4) is 0 Å². The Morgan fingerprint density at radius 3 is 2.61 bits per heavy atom. The molecule has 0 saturated heterocycles. The van der Waals surface area contributed by atoms with Gasteiger partial charge in [-0.2, -0.15) is 0 Å². The molecular formula is C12H15ClN2O3. The average Bonchev–Trinajstić information content (AvgIpc) is 2.26. The summed E-state index contributed by atoms with van der Waals surface area (Å²) in [5, 5.41) is 11.7. The highest BCUT2D eigenvalue weighted by Crippen LogP contribution is 2.16. The molecule has 4 N–H and O–H groups in total. The van der Waals surface area contributed by atoms with Crippen molar-refractivity contribution in [2.24, 2.45) is 0 Å². The molecule has 0 spiro atoms. The smallest absolute Gasteiger partial charge is 0.326 e. The molecule has 0 aliphatic carbocycles. The lowest BCUT2D eigenvalue weighted by atomic mass is 10.1. The molecule has 0 unspecified atom stereocenters. The molecule has 0 aromatic heterocycles. The predicted molar refractivity (Wildman–Crippen MR) is 69.7 cm³/mol. The highest BCUT2D eigenvalue weighted by atomic mass is 35.5. The first-order valence-electron chi connectivity index (χ1n) is 5.53. The molecule has 18 heavy (non-hydrogen) atoms. The van der Waals surface area contributed by atoms with Crippen LogP contribution < -0.4 is 11.1 Å². The Balaban J connectivity index is 2.83. The monoisotopic (exact) mass is 270 g/mol. The summed E-state index contributed by atoms with van der Waals surface area (Å²) in [7, 11) is 0. The van der Waals surface area contributed by atoms with Crippen LogP contribution in [-0.2, 0) is 4.79 Å². The van der Waals surface area contributed by atoms with E-state index < -0.39 is 17.9 Å². The third-order valence-electron chi connectivity index (χ3n) is 2.36. The fraction of sp³-hybridized carbons (Fsp3) is 0.333. The number of carbonyl (C=O) groups excluding carboxylic acids is 1. The number of carboxylic acids is 1. The summed E-state index contributed by atoms with van der Waals surface area (Å²) in [6, 6.07) is 3.51. The maximum Gasteiger partial charge on any atom is 0.326 e. The van der Waals surface area contributed by atoms with E-state index in [1.165, 1.54) is 18.2 Å². The largest absolute Gasteiger partial charge is 0.480 e. The van der Waals surface area contributed by atoms with Crippen molar-refractivity contribution in [2.75, 3.05) is 5.73 Å². The van der Waals surface area contributed by atoms with Crippen molar-refractivity contribution in [1.82, 2.24) is 5.32 Å². The molecule has 1 rings (SSSR count). The number of amides is 1. The van der Waals surface area contributed by atoms with Gasteiger partial charge in [-0.1, -0.05) is 24.9 Å². The average molecular weight is 271 g/mol. The van der Waals surface area contributed by atoms with Crippen molar-refractivity contribution in [3.63, 3.8) is 0 Å². The number of hydrogen-bond donors (Lipinski definition) is 3. The number of aliphatic carboxylic acids is 1. The van der Waals surface area contributed by atoms with Crippen molar-refractivity contribution < 1.29 is 14.7 Å². The van der Waals surface area contributed by atoms with E-state index in [9.17, 15) is 9.59 Å². The third kappa shape index (κ3) is 3.92. The van der Waals surface area contributed by atoms with Gasteiger partial charge in [0.1, 0.15) is 6.04 Å². The van der Waals surface area contributed by atoms with E-state index in [4.69, 9.17) is 22.4 Å². The third-order valence-corrected chi connectivity index (χ3v) is 2.58. The lowest BCUT2D eigenvalue weighted by molar-refractivity contribution is -0.139. The van der Waals surface area contributed by atoms with Gasteiger partial charge in [-0.15, -0.1) is 0 Å². The van der Waals surface area contributed by atoms with Crippen LogP contribution in [-0.4, -0.2) is 23.0 Å². The summed E-state index contributed by atoms with van der Waals surface area (Å²) in [6.45, 7) is 1.85. The van der Waals surface area contributed by atoms with Gasteiger partial charge in [-0.25, -0.2) is 4.79 Å². The van der Waals surface area contributed by atoms with Crippen LogP contribution >= 0.6 is 11.6 Å². The van der Waals surface area contributed by atoms with Crippen LogP contribution in [0.4, 0.5) is 5.69 Å². The predicted octanol–water partition coefficient (Wildman–Crippen LogP) is 1.91. The Kier molecular flexibility index (Phi) is 4.97. The van der Waals surface area contributed by atoms with Crippen molar-refractivity contribution in [1.29, 1.82) is 0 Å². The fourth-order valence-corrected chi connectivity index (χ4v) is 1.77. The number of benzene rings is 1. The summed E-state index contributed by atoms with van der Waals surface area (Å²) < 4.78 is 0. The first kappa shape index (κ1) is 14.3. The highest BCUT2D eigenvalue weighted by molar-refractivity contribution is 6.31. The maximum absolute atomic E-state index is 11.9. The zero-order chi connectivity index (χ0) is 13.7. The second-order valence-corrected chi connectivity index (χ2v) is 4.36. The molecule has 0 aliphatic heterocycles. The number of anilines is 1. The number of nitrogens with two attached hydrogens (primary N) is 1. The number of carbonyl (C=O) groups is 2. The lowest BCUT2D eigenvalue weighted by Gasteiger charge is -2.13. The van der Waals surface area contributed by atoms with Gasteiger partial charge in [0.05, 0.1) is 0 Å². The molecule has 5 nitrogen and oxygen atoms in total. The van der Waals surface area contributed by atoms with Crippen LogP contribution in [0.15, 0.2) is 18.2 Å². The van der Waals surface area contributed by atoms with Gasteiger partial charge in [0.15, 0.2) is 0 Å². The van der Waals surface area contributed by atoms with Crippen molar-refractivity contribution in [2.45, 2.75) is 25.8 Å². The second kappa shape index (κ2) is 6.26. The normalized spacial score (nSPS) is 11.9. The molecule has 0 bridgehead atoms. The zero-order valence-electron chi connectivity index (χ0n) is 9.94. The van der Waals surface area contributed by atoms with E-state index in [1.807, 2.05) is 6.92 Å². The molecule has 0 heterocycles. The maximum atomic E-state index is 11.9. The molecule has 1 amide bonds. The van der Waals surface area contributed by atoms with Gasteiger partial charge in [0.25, 0.3) is 5.91 Å². The van der Waals surface area contributed by atoms with Gasteiger partial charge in [0.2, 0.25) is 0 Å². The van der Waals surface area contributed by atoms with E-state index in [0.29, 0.717) is 23.6 Å². The quantitative estimate of drug-likeness (QED) is 0.713. The number of rotatable bonds is 5. The molecule has 98 valence electrons. The van der Waals surface area contributed by atoms with Crippen molar-refractivity contribution in [3.05, 3.63) is 28.8 Å². The summed E-state index contributed by atoms with van der Waals surface area (Å²) in [5.74, 6) is -1.55. The van der Waals surface area contributed by atoms with E-state index >= 15 is 0 Å². The van der Waals surface area contributed by atoms with Crippen molar-refractivity contribution >= 4 is 29.2 Å². The molecule has 6 heteroatoms. The molecule has 0 fully saturated rings. The molecular weight excluding hydrogens is 256 g/mol. The molecule has 0 aliphatic rings. The summed E-state index contributed by atoms with van der Waals surface area (Å²) in [5.41, 5.74) is 6.17. The van der Waals surface area contributed by atoms with Crippen LogP contribution in [0.2, 0.25) is 5.02 Å². The molecule has 1 aromatic rings. The van der Waals surface area contributed by atoms with E-state index in [2.05, 4.69) is 5.32 Å². The van der Waals surface area contributed by atoms with Gasteiger partial charge in [-0.3, -0.25) is 4.79 Å². The molecule has 0 radical (unpaired) electrons. The Bertz CT molecular complexity index is 442. The lowest BCUT2D eigenvalue weighted by Crippen LogP contribution is -2.40. The second-order valence-electron chi connectivity index (χ2n) is 3.93. The van der Waals surface area contributed by atoms with Crippen LogP contribution in [0.5, 0.6) is 0 Å². The first-order chi connectivity index (χ1) is 8.43. The van der Waals surface area contributed by atoms with E-state index in [1.54, 1.807) is 0 Å². The highest BCUT2D eigenvalue weighted by Gasteiger charge is 2.19. The van der Waals surface area contributed by atoms with E-state index in [0.717, 1.165) is 0 Å². The number of hydrogen-bond acceptors (Lipinski definition) is 3. The minimum atomic E-state index is -1.06. The number of carboxylic acid groups (broad SMARTS) is 1. The van der Waals surface area contributed by atoms with Crippen LogP contribution in [0.25, 0.3) is 0 Å². The summed E-state index contributed by atoms with van der Waals surface area (Å²) >= 11 is 5.78. The van der Waals surface area contributed by atoms with Gasteiger partial charge >= 0.3 is 5.97 Å². The Morgan fingerprint density at radius 1 is 1.44 bits per heavy atom. The standard InChI is InChI=1S/C12H15ClN2O3/c1-2-3-10(12(17)18)15-11(16)7-4-8(13)6-9(14)5-7/h4-6,10H,2-3,14H2,1H3,(H,15,16)(H,17,18)/t10-/m0/s1. The Morgan fingerprint density at radius 2 is 2.11 bits per heavy atom. The van der Waals surface area contributed by atoms with Crippen LogP contribution in [0.1, 0.15) is 30.1 Å². The summed E-state index contributed by atoms with van der Waals surface area (Å²) in [4.78, 5) is 22.8.